The standard InChI is InChI=1S/C20H25NO3S/c1-3-19-10-17(23)20(24,18-21-11-12(2)25-18)9-14(19)5-4-13-8-15(22)6-7-16(13)19/h6-8,11,14,17,22-24H,3-5,9-10H2,1-2H3/t14-,17+,19-,20-/m1/s1. The molecule has 1 saturated carbocycles. The van der Waals surface area contributed by atoms with Crippen LogP contribution < -0.4 is 0 Å². The summed E-state index contributed by atoms with van der Waals surface area (Å²) in [5, 5.41) is 32.8. The van der Waals surface area contributed by atoms with Crippen LogP contribution in [0, 0.1) is 12.8 Å². The second-order valence-electron chi connectivity index (χ2n) is 7.71. The number of thiazole rings is 1. The van der Waals surface area contributed by atoms with E-state index in [1.807, 2.05) is 19.1 Å². The lowest BCUT2D eigenvalue weighted by Crippen LogP contribution is -2.56. The summed E-state index contributed by atoms with van der Waals surface area (Å²) in [6.45, 7) is 4.14. The Balaban J connectivity index is 1.77. The van der Waals surface area contributed by atoms with Gasteiger partial charge in [0.25, 0.3) is 0 Å². The molecule has 3 N–H and O–H groups in total. The van der Waals surface area contributed by atoms with Gasteiger partial charge in [-0.25, -0.2) is 4.98 Å². The number of aromatic hydroxyl groups is 1. The van der Waals surface area contributed by atoms with E-state index in [4.69, 9.17) is 0 Å². The van der Waals surface area contributed by atoms with E-state index in [1.165, 1.54) is 22.5 Å². The maximum atomic E-state index is 11.3. The first-order valence-corrected chi connectivity index (χ1v) is 9.86. The van der Waals surface area contributed by atoms with Gasteiger partial charge in [-0.1, -0.05) is 13.0 Å². The third kappa shape index (κ3) is 2.44. The lowest BCUT2D eigenvalue weighted by Gasteiger charge is -2.54. The molecule has 2 aromatic rings. The first-order chi connectivity index (χ1) is 11.9. The molecule has 1 fully saturated rings. The molecule has 2 aliphatic rings. The Labute approximate surface area is 152 Å². The number of phenols is 1. The van der Waals surface area contributed by atoms with Gasteiger partial charge >= 0.3 is 0 Å². The molecular formula is C20H25NO3S. The minimum atomic E-state index is -1.25. The number of benzene rings is 1. The summed E-state index contributed by atoms with van der Waals surface area (Å²) >= 11 is 1.48. The van der Waals surface area contributed by atoms with Gasteiger partial charge in [-0.3, -0.25) is 0 Å². The second kappa shape index (κ2) is 5.79. The van der Waals surface area contributed by atoms with Gasteiger partial charge in [-0.15, -0.1) is 11.3 Å². The molecule has 0 bridgehead atoms. The van der Waals surface area contributed by atoms with E-state index in [2.05, 4.69) is 11.9 Å². The summed E-state index contributed by atoms with van der Waals surface area (Å²) < 4.78 is 0. The summed E-state index contributed by atoms with van der Waals surface area (Å²) in [4.78, 5) is 5.43. The minimum Gasteiger partial charge on any atom is -0.508 e. The van der Waals surface area contributed by atoms with Crippen LogP contribution in [0.25, 0.3) is 0 Å². The Morgan fingerprint density at radius 1 is 1.32 bits per heavy atom. The molecule has 4 rings (SSSR count). The molecule has 0 unspecified atom stereocenters. The molecule has 0 saturated heterocycles. The van der Waals surface area contributed by atoms with E-state index >= 15 is 0 Å². The quantitative estimate of drug-likeness (QED) is 0.768. The smallest absolute Gasteiger partial charge is 0.142 e. The molecule has 0 radical (unpaired) electrons. The summed E-state index contributed by atoms with van der Waals surface area (Å²) in [5.41, 5.74) is 1.02. The number of aryl methyl sites for hydroxylation is 2. The third-order valence-corrected chi connectivity index (χ3v) is 7.54. The normalized spacial score (nSPS) is 34.4. The highest BCUT2D eigenvalue weighted by Gasteiger charge is 2.56. The molecule has 1 aromatic heterocycles. The molecule has 0 spiro atoms. The first-order valence-electron chi connectivity index (χ1n) is 9.05. The monoisotopic (exact) mass is 359 g/mol. The predicted molar refractivity (Wildman–Crippen MR) is 97.9 cm³/mol. The number of hydrogen-bond donors (Lipinski definition) is 3. The fourth-order valence-electron chi connectivity index (χ4n) is 5.11. The number of rotatable bonds is 2. The largest absolute Gasteiger partial charge is 0.508 e. The molecule has 2 aliphatic carbocycles. The molecule has 25 heavy (non-hydrogen) atoms. The summed E-state index contributed by atoms with van der Waals surface area (Å²) in [5.74, 6) is 0.599. The number of fused-ring (bicyclic) bond motifs is 3. The lowest BCUT2D eigenvalue weighted by molar-refractivity contribution is -0.146. The van der Waals surface area contributed by atoms with E-state index in [1.54, 1.807) is 12.3 Å². The van der Waals surface area contributed by atoms with E-state index in [0.29, 0.717) is 29.5 Å². The Morgan fingerprint density at radius 3 is 2.80 bits per heavy atom. The Bertz CT molecular complexity index is 804. The SMILES string of the molecule is CC[C@@]12C[C@H](O)[C@@](O)(c3ncc(C)s3)C[C@H]1CCc1cc(O)ccc12. The average molecular weight is 359 g/mol. The minimum absolute atomic E-state index is 0.140. The van der Waals surface area contributed by atoms with Gasteiger partial charge < -0.3 is 15.3 Å². The third-order valence-electron chi connectivity index (χ3n) is 6.46. The summed E-state index contributed by atoms with van der Waals surface area (Å²) in [6, 6.07) is 5.63. The Morgan fingerprint density at radius 2 is 2.12 bits per heavy atom. The zero-order valence-corrected chi connectivity index (χ0v) is 15.5. The zero-order valence-electron chi connectivity index (χ0n) is 14.7. The highest BCUT2D eigenvalue weighted by atomic mass is 32.1. The van der Waals surface area contributed by atoms with Crippen molar-refractivity contribution >= 4 is 11.3 Å². The van der Waals surface area contributed by atoms with E-state index in [-0.39, 0.29) is 5.41 Å². The highest BCUT2D eigenvalue weighted by molar-refractivity contribution is 7.11. The highest BCUT2D eigenvalue weighted by Crippen LogP contribution is 2.57. The fourth-order valence-corrected chi connectivity index (χ4v) is 6.02. The molecule has 1 aromatic carbocycles. The van der Waals surface area contributed by atoms with Crippen LogP contribution in [0.5, 0.6) is 5.75 Å². The lowest BCUT2D eigenvalue weighted by atomic mass is 9.52. The van der Waals surface area contributed by atoms with Crippen LogP contribution in [0.3, 0.4) is 0 Å². The molecular weight excluding hydrogens is 334 g/mol. The van der Waals surface area contributed by atoms with Gasteiger partial charge in [0.2, 0.25) is 0 Å². The zero-order chi connectivity index (χ0) is 17.8. The van der Waals surface area contributed by atoms with Crippen molar-refractivity contribution < 1.29 is 15.3 Å². The van der Waals surface area contributed by atoms with Gasteiger partial charge in [0.05, 0.1) is 6.10 Å². The van der Waals surface area contributed by atoms with Crippen molar-refractivity contribution in [2.24, 2.45) is 5.92 Å². The van der Waals surface area contributed by atoms with Crippen molar-refractivity contribution in [2.75, 3.05) is 0 Å². The predicted octanol–water partition coefficient (Wildman–Crippen LogP) is 3.41. The molecule has 134 valence electrons. The fraction of sp³-hybridized carbons (Fsp3) is 0.550. The topological polar surface area (TPSA) is 73.6 Å². The van der Waals surface area contributed by atoms with Crippen LogP contribution in [0.15, 0.2) is 24.4 Å². The van der Waals surface area contributed by atoms with Crippen LogP contribution in [0.1, 0.15) is 53.6 Å². The number of aromatic nitrogens is 1. The van der Waals surface area contributed by atoms with E-state index in [0.717, 1.165) is 24.1 Å². The van der Waals surface area contributed by atoms with Crippen LogP contribution in [0.2, 0.25) is 0 Å². The van der Waals surface area contributed by atoms with E-state index < -0.39 is 11.7 Å². The molecule has 4 atom stereocenters. The Hall–Kier alpha value is -1.43. The second-order valence-corrected chi connectivity index (χ2v) is 8.95. The van der Waals surface area contributed by atoms with Gasteiger partial charge in [-0.05, 0) is 68.2 Å². The van der Waals surface area contributed by atoms with Crippen molar-refractivity contribution in [3.8, 4) is 5.75 Å². The molecule has 4 nitrogen and oxygen atoms in total. The number of aliphatic hydroxyl groups is 2. The summed E-state index contributed by atoms with van der Waals surface area (Å²) in [6.07, 6.45) is 4.78. The number of nitrogens with zero attached hydrogens (tertiary/aromatic N) is 1. The van der Waals surface area contributed by atoms with Gasteiger partial charge in [0, 0.05) is 16.5 Å². The van der Waals surface area contributed by atoms with Crippen molar-refractivity contribution in [1.29, 1.82) is 0 Å². The van der Waals surface area contributed by atoms with Crippen LogP contribution in [0.4, 0.5) is 0 Å². The maximum Gasteiger partial charge on any atom is 0.142 e. The van der Waals surface area contributed by atoms with Crippen LogP contribution in [-0.4, -0.2) is 26.4 Å². The average Bonchev–Trinajstić information content (AvgIpc) is 3.03. The van der Waals surface area contributed by atoms with E-state index in [9.17, 15) is 15.3 Å². The van der Waals surface area contributed by atoms with Crippen molar-refractivity contribution in [3.05, 3.63) is 45.4 Å². The molecule has 0 aliphatic heterocycles. The van der Waals surface area contributed by atoms with Crippen LogP contribution >= 0.6 is 11.3 Å². The number of hydrogen-bond acceptors (Lipinski definition) is 5. The summed E-state index contributed by atoms with van der Waals surface area (Å²) in [7, 11) is 0. The van der Waals surface area contributed by atoms with Gasteiger partial charge in [0.15, 0.2) is 0 Å². The Kier molecular flexibility index (Phi) is 3.94. The van der Waals surface area contributed by atoms with Crippen molar-refractivity contribution in [1.82, 2.24) is 4.98 Å². The number of phenolic OH excluding ortho intramolecular Hbond substituents is 1. The maximum absolute atomic E-state index is 11.3. The molecule has 1 heterocycles. The number of aliphatic hydroxyl groups excluding tert-OH is 1. The van der Waals surface area contributed by atoms with Crippen LogP contribution in [-0.2, 0) is 17.4 Å². The molecule has 0 amide bonds. The van der Waals surface area contributed by atoms with Gasteiger partial charge in [0.1, 0.15) is 16.4 Å². The van der Waals surface area contributed by atoms with Crippen molar-refractivity contribution in [3.63, 3.8) is 0 Å². The van der Waals surface area contributed by atoms with Crippen molar-refractivity contribution in [2.45, 2.75) is 63.1 Å². The van der Waals surface area contributed by atoms with Gasteiger partial charge in [-0.2, -0.15) is 0 Å². The first kappa shape index (κ1) is 17.0. The molecule has 5 heteroatoms.